The Morgan fingerprint density at radius 2 is 1.08 bits per heavy atom. The van der Waals surface area contributed by atoms with Crippen molar-refractivity contribution in [2.45, 2.75) is 26.2 Å². The fourth-order valence-corrected chi connectivity index (χ4v) is 6.30. The molecular formula is C43H46N8O. The van der Waals surface area contributed by atoms with Crippen LogP contribution in [-0.2, 0) is 6.42 Å². The molecule has 0 amide bonds. The topological polar surface area (TPSA) is 98.3 Å². The second-order valence-corrected chi connectivity index (χ2v) is 13.5. The minimum Gasteiger partial charge on any atom is -0.378 e. The van der Waals surface area contributed by atoms with E-state index in [1.807, 2.05) is 36.4 Å². The summed E-state index contributed by atoms with van der Waals surface area (Å²) in [6, 6.07) is 39.5. The molecule has 52 heavy (non-hydrogen) atoms. The molecule has 0 aliphatic rings. The maximum absolute atomic E-state index is 13.6. The van der Waals surface area contributed by atoms with E-state index in [2.05, 4.69) is 162 Å². The van der Waals surface area contributed by atoms with Gasteiger partial charge in [-0.25, -0.2) is 0 Å². The molecule has 264 valence electrons. The Kier molecular flexibility index (Phi) is 10.8. The Hall–Kier alpha value is -6.22. The van der Waals surface area contributed by atoms with Crippen molar-refractivity contribution in [2.75, 3.05) is 61.0 Å². The van der Waals surface area contributed by atoms with E-state index < -0.39 is 0 Å². The molecular weight excluding hydrogens is 645 g/mol. The molecule has 1 heterocycles. The molecule has 6 rings (SSSR count). The van der Waals surface area contributed by atoms with Crippen molar-refractivity contribution in [1.82, 2.24) is 15.0 Å². The molecule has 5 aromatic carbocycles. The van der Waals surface area contributed by atoms with Crippen LogP contribution in [0.1, 0.15) is 49.7 Å². The molecule has 0 bridgehead atoms. The Labute approximate surface area is 306 Å². The molecule has 0 atom stereocenters. The lowest BCUT2D eigenvalue weighted by molar-refractivity contribution is 0.0993. The average molecular weight is 691 g/mol. The number of ketones is 1. The van der Waals surface area contributed by atoms with Gasteiger partial charge in [0.25, 0.3) is 0 Å². The largest absolute Gasteiger partial charge is 0.378 e. The normalized spacial score (nSPS) is 10.9. The summed E-state index contributed by atoms with van der Waals surface area (Å²) < 4.78 is 0. The van der Waals surface area contributed by atoms with Gasteiger partial charge in [-0.3, -0.25) is 4.79 Å². The highest BCUT2D eigenvalue weighted by Gasteiger charge is 2.18. The van der Waals surface area contributed by atoms with Crippen LogP contribution >= 0.6 is 0 Å². The number of rotatable bonds is 13. The molecule has 3 N–H and O–H groups in total. The van der Waals surface area contributed by atoms with Crippen LogP contribution in [0.25, 0.3) is 0 Å². The number of anilines is 7. The summed E-state index contributed by atoms with van der Waals surface area (Å²) in [4.78, 5) is 31.3. The summed E-state index contributed by atoms with van der Waals surface area (Å²) in [5, 5.41) is 9.54. The second kappa shape index (κ2) is 15.8. The number of carbonyl (C=O) groups is 1. The first-order chi connectivity index (χ1) is 25.0. The van der Waals surface area contributed by atoms with Gasteiger partial charge in [-0.05, 0) is 95.8 Å². The molecule has 0 radical (unpaired) electrons. The van der Waals surface area contributed by atoms with E-state index in [0.717, 1.165) is 33.8 Å². The molecule has 6 aromatic rings. The lowest BCUT2D eigenvalue weighted by Gasteiger charge is -2.22. The Morgan fingerprint density at radius 1 is 0.596 bits per heavy atom. The molecule has 0 saturated carbocycles. The van der Waals surface area contributed by atoms with Gasteiger partial charge in [-0.1, -0.05) is 66.7 Å². The third-order valence-corrected chi connectivity index (χ3v) is 8.94. The molecule has 1 aromatic heterocycles. The van der Waals surface area contributed by atoms with Gasteiger partial charge in [0.05, 0.1) is 0 Å². The fourth-order valence-electron chi connectivity index (χ4n) is 6.30. The molecule has 9 nitrogen and oxygen atoms in total. The van der Waals surface area contributed by atoms with E-state index in [-0.39, 0.29) is 18.1 Å². The van der Waals surface area contributed by atoms with Crippen molar-refractivity contribution in [3.8, 4) is 0 Å². The number of aromatic nitrogens is 3. The van der Waals surface area contributed by atoms with Gasteiger partial charge in [0.2, 0.25) is 17.8 Å². The van der Waals surface area contributed by atoms with Crippen LogP contribution in [0.4, 0.5) is 40.6 Å². The van der Waals surface area contributed by atoms with Crippen molar-refractivity contribution in [1.29, 1.82) is 0 Å². The predicted molar refractivity (Wildman–Crippen MR) is 215 cm³/mol. The van der Waals surface area contributed by atoms with Gasteiger partial charge < -0.3 is 25.8 Å². The van der Waals surface area contributed by atoms with E-state index >= 15 is 0 Å². The lowest BCUT2D eigenvalue weighted by Crippen LogP contribution is -2.10. The molecule has 0 fully saturated rings. The fraction of sp³-hybridized carbons (Fsp3) is 0.209. The van der Waals surface area contributed by atoms with Crippen LogP contribution in [-0.4, -0.2) is 56.0 Å². The van der Waals surface area contributed by atoms with Gasteiger partial charge in [-0.2, -0.15) is 15.0 Å². The zero-order valence-electron chi connectivity index (χ0n) is 30.9. The van der Waals surface area contributed by atoms with Crippen molar-refractivity contribution in [3.05, 3.63) is 154 Å². The number of benzene rings is 5. The van der Waals surface area contributed by atoms with Crippen LogP contribution < -0.4 is 25.8 Å². The number of hydrogen-bond acceptors (Lipinski definition) is 9. The number of nitrogens with zero attached hydrogens (tertiary/aromatic N) is 5. The number of nitrogens with one attached hydrogen (secondary N) is 3. The molecule has 0 spiro atoms. The molecule has 0 aliphatic heterocycles. The zero-order chi connectivity index (χ0) is 36.8. The second-order valence-electron chi connectivity index (χ2n) is 13.5. The minimum atomic E-state index is 0.0234. The SMILES string of the molecule is CNc1nc(Nc2cc(C)cc(C)c2)nc(Nc2cccc(C(=O)Cc3ccc(C(c4ccc(N(C)C)cc4)c4ccc(N(C)C)cc4)cc3)c2)n1. The standard InChI is InChI=1S/C43H46N8O/c1-28-23-29(2)25-36(24-28)46-43-48-41(44-3)47-42(49-43)45-35-10-8-9-34(27-35)39(52)26-30-11-13-31(14-12-30)40(32-15-19-37(20-16-32)50(4)5)33-17-21-38(22-18-33)51(6)7/h8-25,27,40H,26H2,1-7H3,(H3,44,45,46,47,48,49). The Morgan fingerprint density at radius 3 is 1.58 bits per heavy atom. The lowest BCUT2D eigenvalue weighted by atomic mass is 9.84. The summed E-state index contributed by atoms with van der Waals surface area (Å²) in [5.74, 6) is 1.25. The van der Waals surface area contributed by atoms with E-state index in [4.69, 9.17) is 0 Å². The van der Waals surface area contributed by atoms with Gasteiger partial charge in [0, 0.05) is 75.9 Å². The number of Topliss-reactive ketones (excluding diaryl/α,β-unsaturated/α-hetero) is 1. The van der Waals surface area contributed by atoms with Crippen LogP contribution in [0.2, 0.25) is 0 Å². The third-order valence-electron chi connectivity index (χ3n) is 8.94. The van der Waals surface area contributed by atoms with Crippen molar-refractivity contribution in [2.24, 2.45) is 0 Å². The minimum absolute atomic E-state index is 0.0234. The van der Waals surface area contributed by atoms with E-state index in [1.165, 1.54) is 16.7 Å². The van der Waals surface area contributed by atoms with Crippen LogP contribution in [0.3, 0.4) is 0 Å². The first-order valence-electron chi connectivity index (χ1n) is 17.4. The number of hydrogen-bond donors (Lipinski definition) is 3. The van der Waals surface area contributed by atoms with Gasteiger partial charge in [-0.15, -0.1) is 0 Å². The maximum Gasteiger partial charge on any atom is 0.233 e. The summed E-state index contributed by atoms with van der Waals surface area (Å²) in [7, 11) is 9.97. The molecule has 0 aliphatic carbocycles. The Balaban J connectivity index is 1.19. The summed E-state index contributed by atoms with van der Waals surface area (Å²) in [6.07, 6.45) is 0.281. The maximum atomic E-state index is 13.6. The highest BCUT2D eigenvalue weighted by molar-refractivity contribution is 5.98. The van der Waals surface area contributed by atoms with Gasteiger partial charge >= 0.3 is 0 Å². The summed E-state index contributed by atoms with van der Waals surface area (Å²) in [5.41, 5.74) is 11.3. The molecule has 0 unspecified atom stereocenters. The monoisotopic (exact) mass is 690 g/mol. The first-order valence-corrected chi connectivity index (χ1v) is 17.4. The van der Waals surface area contributed by atoms with Crippen LogP contribution in [0.15, 0.2) is 115 Å². The third kappa shape index (κ3) is 8.73. The van der Waals surface area contributed by atoms with E-state index in [9.17, 15) is 4.79 Å². The van der Waals surface area contributed by atoms with Crippen LogP contribution in [0, 0.1) is 13.8 Å². The average Bonchev–Trinajstić information content (AvgIpc) is 3.12. The first kappa shape index (κ1) is 35.6. The van der Waals surface area contributed by atoms with Gasteiger partial charge in [0.1, 0.15) is 0 Å². The predicted octanol–water partition coefficient (Wildman–Crippen LogP) is 8.75. The van der Waals surface area contributed by atoms with Crippen molar-refractivity contribution < 1.29 is 4.79 Å². The molecule has 9 heteroatoms. The van der Waals surface area contributed by atoms with E-state index in [0.29, 0.717) is 29.1 Å². The number of carbonyl (C=O) groups excluding carboxylic acids is 1. The zero-order valence-corrected chi connectivity index (χ0v) is 30.9. The molecule has 0 saturated heterocycles. The summed E-state index contributed by atoms with van der Waals surface area (Å²) >= 11 is 0. The Bertz CT molecular complexity index is 2070. The van der Waals surface area contributed by atoms with Gasteiger partial charge in [0.15, 0.2) is 5.78 Å². The van der Waals surface area contributed by atoms with Crippen LogP contribution in [0.5, 0.6) is 0 Å². The highest BCUT2D eigenvalue weighted by atomic mass is 16.1. The van der Waals surface area contributed by atoms with E-state index in [1.54, 1.807) is 7.05 Å². The smallest absolute Gasteiger partial charge is 0.233 e. The summed E-state index contributed by atoms with van der Waals surface area (Å²) in [6.45, 7) is 4.10. The number of aryl methyl sites for hydroxylation is 2. The highest BCUT2D eigenvalue weighted by Crippen LogP contribution is 2.34. The quantitative estimate of drug-likeness (QED) is 0.0812. The van der Waals surface area contributed by atoms with Crippen molar-refractivity contribution >= 4 is 46.4 Å². The van der Waals surface area contributed by atoms with Crippen molar-refractivity contribution in [3.63, 3.8) is 0 Å².